The van der Waals surface area contributed by atoms with Crippen molar-refractivity contribution in [2.75, 3.05) is 0 Å². The van der Waals surface area contributed by atoms with Gasteiger partial charge in [0.2, 0.25) is 0 Å². The summed E-state index contributed by atoms with van der Waals surface area (Å²) < 4.78 is 4.80. The summed E-state index contributed by atoms with van der Waals surface area (Å²) in [5.74, 6) is -0.162. The van der Waals surface area contributed by atoms with E-state index in [0.29, 0.717) is 0 Å². The van der Waals surface area contributed by atoms with Crippen molar-refractivity contribution in [3.05, 3.63) is 0 Å². The largest absolute Gasteiger partial charge is 0.459 e. The van der Waals surface area contributed by atoms with E-state index in [1.807, 2.05) is 34.6 Å². The van der Waals surface area contributed by atoms with Crippen molar-refractivity contribution in [1.29, 1.82) is 0 Å². The molecule has 13 heavy (non-hydrogen) atoms. The number of hydrogen-bond acceptors (Lipinski definition) is 2. The van der Waals surface area contributed by atoms with Gasteiger partial charge in [0.25, 0.3) is 0 Å². The molecule has 0 amide bonds. The van der Waals surface area contributed by atoms with Crippen LogP contribution in [-0.4, -0.2) is 15.9 Å². The summed E-state index contributed by atoms with van der Waals surface area (Å²) in [7, 11) is 0. The number of hydrogen-bond donors (Lipinski definition) is 0. The van der Waals surface area contributed by atoms with Gasteiger partial charge in [0.15, 0.2) is 0 Å². The molecule has 0 heterocycles. The van der Waals surface area contributed by atoms with E-state index in [4.69, 9.17) is 4.74 Å². The minimum absolute atomic E-state index is 0.162. The summed E-state index contributed by atoms with van der Waals surface area (Å²) in [5.41, 5.74) is -0.402. The van der Waals surface area contributed by atoms with Crippen molar-refractivity contribution in [2.45, 2.75) is 57.4 Å². The molecule has 0 bridgehead atoms. The van der Waals surface area contributed by atoms with Crippen molar-refractivity contribution in [1.82, 2.24) is 0 Å². The fourth-order valence-electron chi connectivity index (χ4n) is 0.908. The van der Waals surface area contributed by atoms with Crippen LogP contribution >= 0.6 is 15.9 Å². The van der Waals surface area contributed by atoms with E-state index in [1.54, 1.807) is 0 Å². The van der Waals surface area contributed by atoms with Crippen LogP contribution in [0.15, 0.2) is 0 Å². The molecule has 0 aromatic heterocycles. The van der Waals surface area contributed by atoms with E-state index in [1.165, 1.54) is 0 Å². The molecule has 0 aromatic carbocycles. The van der Waals surface area contributed by atoms with E-state index in [2.05, 4.69) is 15.9 Å². The van der Waals surface area contributed by atoms with Crippen LogP contribution in [0.2, 0.25) is 0 Å². The summed E-state index contributed by atoms with van der Waals surface area (Å²) in [6.45, 7) is 9.58. The number of rotatable bonds is 3. The molecule has 78 valence electrons. The molecule has 0 aliphatic rings. The van der Waals surface area contributed by atoms with Gasteiger partial charge in [-0.3, -0.25) is 4.79 Å². The van der Waals surface area contributed by atoms with Crippen LogP contribution in [0, 0.1) is 0 Å². The third kappa shape index (κ3) is 4.12. The Hall–Kier alpha value is -0.0500. The van der Waals surface area contributed by atoms with Gasteiger partial charge in [0.1, 0.15) is 9.93 Å². The normalized spacial score (nSPS) is 12.8. The predicted octanol–water partition coefficient (Wildman–Crippen LogP) is 3.28. The predicted molar refractivity (Wildman–Crippen MR) is 58.1 cm³/mol. The molecule has 0 aliphatic carbocycles. The van der Waals surface area contributed by atoms with Crippen molar-refractivity contribution in [3.8, 4) is 0 Å². The molecule has 2 nitrogen and oxygen atoms in total. The smallest absolute Gasteiger partial charge is 0.323 e. The number of esters is 1. The maximum atomic E-state index is 11.7. The fraction of sp³-hybridized carbons (Fsp3) is 0.900. The molecule has 0 spiro atoms. The maximum absolute atomic E-state index is 11.7. The van der Waals surface area contributed by atoms with Gasteiger partial charge in [-0.25, -0.2) is 0 Å². The van der Waals surface area contributed by atoms with Gasteiger partial charge < -0.3 is 4.74 Å². The lowest BCUT2D eigenvalue weighted by atomic mass is 10.0. The van der Waals surface area contributed by atoms with Crippen LogP contribution in [0.5, 0.6) is 0 Å². The van der Waals surface area contributed by atoms with Gasteiger partial charge in [-0.2, -0.15) is 0 Å². The summed E-state index contributed by atoms with van der Waals surface area (Å²) in [6.07, 6.45) is 1.50. The Morgan fingerprint density at radius 3 is 1.85 bits per heavy atom. The number of carbonyl (C=O) groups is 1. The molecular weight excluding hydrogens is 232 g/mol. The molecule has 0 atom stereocenters. The van der Waals surface area contributed by atoms with Crippen LogP contribution in [0.3, 0.4) is 0 Å². The molecule has 0 unspecified atom stereocenters. The number of ether oxygens (including phenoxy) is 1. The first-order valence-electron chi connectivity index (χ1n) is 4.67. The van der Waals surface area contributed by atoms with Crippen molar-refractivity contribution < 1.29 is 9.53 Å². The zero-order chi connectivity index (χ0) is 10.7. The van der Waals surface area contributed by atoms with Gasteiger partial charge in [-0.1, -0.05) is 29.8 Å². The SMILES string of the molecule is CCC(Br)(CC)C(=O)OC(C)(C)C. The summed E-state index contributed by atoms with van der Waals surface area (Å²) in [4.78, 5) is 11.7. The van der Waals surface area contributed by atoms with E-state index in [-0.39, 0.29) is 5.97 Å². The number of carbonyl (C=O) groups excluding carboxylic acids is 1. The molecular formula is C10H19BrO2. The first-order valence-corrected chi connectivity index (χ1v) is 5.47. The van der Waals surface area contributed by atoms with Crippen molar-refractivity contribution >= 4 is 21.9 Å². The Bertz CT molecular complexity index is 178. The van der Waals surface area contributed by atoms with Crippen LogP contribution in [-0.2, 0) is 9.53 Å². The Labute approximate surface area is 89.2 Å². The number of halogens is 1. The molecule has 3 heteroatoms. The first kappa shape index (κ1) is 12.9. The highest BCUT2D eigenvalue weighted by molar-refractivity contribution is 9.10. The van der Waals surface area contributed by atoms with E-state index in [9.17, 15) is 4.79 Å². The molecule has 0 saturated carbocycles. The van der Waals surface area contributed by atoms with Gasteiger partial charge in [-0.15, -0.1) is 0 Å². The highest BCUT2D eigenvalue weighted by Gasteiger charge is 2.35. The van der Waals surface area contributed by atoms with E-state index < -0.39 is 9.93 Å². The molecule has 0 aliphatic heterocycles. The highest BCUT2D eigenvalue weighted by atomic mass is 79.9. The van der Waals surface area contributed by atoms with Crippen LogP contribution in [0.25, 0.3) is 0 Å². The zero-order valence-corrected chi connectivity index (χ0v) is 10.7. The van der Waals surface area contributed by atoms with Crippen LogP contribution < -0.4 is 0 Å². The average Bonchev–Trinajstić information content (AvgIpc) is 2.00. The summed E-state index contributed by atoms with van der Waals surface area (Å²) in [6, 6.07) is 0. The monoisotopic (exact) mass is 250 g/mol. The molecule has 0 saturated heterocycles. The Kier molecular flexibility index (Phi) is 4.43. The van der Waals surface area contributed by atoms with E-state index >= 15 is 0 Å². The quantitative estimate of drug-likeness (QED) is 0.568. The zero-order valence-electron chi connectivity index (χ0n) is 9.11. The molecule has 0 fully saturated rings. The Balaban J connectivity index is 4.41. The lowest BCUT2D eigenvalue weighted by Crippen LogP contribution is -2.37. The lowest BCUT2D eigenvalue weighted by Gasteiger charge is -2.28. The minimum Gasteiger partial charge on any atom is -0.459 e. The topological polar surface area (TPSA) is 26.3 Å². The second-order valence-electron chi connectivity index (χ2n) is 4.17. The third-order valence-electron chi connectivity index (χ3n) is 1.89. The maximum Gasteiger partial charge on any atom is 0.323 e. The van der Waals surface area contributed by atoms with E-state index in [0.717, 1.165) is 12.8 Å². The summed E-state index contributed by atoms with van der Waals surface area (Å²) in [5, 5.41) is 0. The van der Waals surface area contributed by atoms with Gasteiger partial charge >= 0.3 is 5.97 Å². The third-order valence-corrected chi connectivity index (χ3v) is 3.33. The van der Waals surface area contributed by atoms with Crippen LogP contribution in [0.4, 0.5) is 0 Å². The van der Waals surface area contributed by atoms with Gasteiger partial charge in [-0.05, 0) is 33.6 Å². The summed E-state index contributed by atoms with van der Waals surface area (Å²) >= 11 is 3.43. The van der Waals surface area contributed by atoms with Crippen LogP contribution in [0.1, 0.15) is 47.5 Å². The molecule has 0 aromatic rings. The molecule has 0 rings (SSSR count). The average molecular weight is 251 g/mol. The second-order valence-corrected chi connectivity index (χ2v) is 5.69. The minimum atomic E-state index is -0.500. The van der Waals surface area contributed by atoms with Crippen molar-refractivity contribution in [3.63, 3.8) is 0 Å². The number of alkyl halides is 1. The fourth-order valence-corrected chi connectivity index (χ4v) is 0.989. The Morgan fingerprint density at radius 2 is 1.62 bits per heavy atom. The molecule has 0 radical (unpaired) electrons. The highest BCUT2D eigenvalue weighted by Crippen LogP contribution is 2.29. The first-order chi connectivity index (χ1) is 5.75. The standard InChI is InChI=1S/C10H19BrO2/c1-6-10(11,7-2)8(12)13-9(3,4)5/h6-7H2,1-5H3. The van der Waals surface area contributed by atoms with Gasteiger partial charge in [0, 0.05) is 0 Å². The van der Waals surface area contributed by atoms with Crippen molar-refractivity contribution in [2.24, 2.45) is 0 Å². The Morgan fingerprint density at radius 1 is 1.23 bits per heavy atom. The molecule has 0 N–H and O–H groups in total. The second kappa shape index (κ2) is 4.45. The lowest BCUT2D eigenvalue weighted by molar-refractivity contribution is -0.157. The van der Waals surface area contributed by atoms with Gasteiger partial charge in [0.05, 0.1) is 0 Å².